The summed E-state index contributed by atoms with van der Waals surface area (Å²) in [6.07, 6.45) is 0. The minimum atomic E-state index is -0.291. The second-order valence-electron chi connectivity index (χ2n) is 3.53. The van der Waals surface area contributed by atoms with Crippen LogP contribution in [-0.2, 0) is 9.53 Å². The fourth-order valence-electron chi connectivity index (χ4n) is 1.81. The van der Waals surface area contributed by atoms with E-state index >= 15 is 0 Å². The van der Waals surface area contributed by atoms with Crippen molar-refractivity contribution in [2.24, 2.45) is 0 Å². The highest BCUT2D eigenvalue weighted by atomic mass is 79.9. The van der Waals surface area contributed by atoms with Crippen LogP contribution in [0.25, 0.3) is 0 Å². The predicted molar refractivity (Wildman–Crippen MR) is 59.1 cm³/mol. The molecule has 0 bridgehead atoms. The molecule has 0 aliphatic carbocycles. The van der Waals surface area contributed by atoms with Crippen molar-refractivity contribution in [3.05, 3.63) is 27.7 Å². The van der Waals surface area contributed by atoms with Gasteiger partial charge in [0.15, 0.2) is 0 Å². The van der Waals surface area contributed by atoms with Crippen molar-refractivity contribution in [3.8, 4) is 5.75 Å². The largest absolute Gasteiger partial charge is 0.492 e. The summed E-state index contributed by atoms with van der Waals surface area (Å²) in [6.45, 7) is 2.34. The molecule has 0 spiro atoms. The average Bonchev–Trinajstić information content (AvgIpc) is 2.60. The molecule has 3 nitrogen and oxygen atoms in total. The van der Waals surface area contributed by atoms with E-state index < -0.39 is 0 Å². The van der Waals surface area contributed by atoms with Crippen molar-refractivity contribution in [3.63, 3.8) is 0 Å². The first-order valence-electron chi connectivity index (χ1n) is 4.64. The van der Waals surface area contributed by atoms with Crippen molar-refractivity contribution in [1.29, 1.82) is 0 Å². The minimum Gasteiger partial charge on any atom is -0.492 e. The number of ether oxygens (including phenoxy) is 2. The van der Waals surface area contributed by atoms with Crippen LogP contribution < -0.4 is 4.74 Å². The molecule has 15 heavy (non-hydrogen) atoms. The van der Waals surface area contributed by atoms with Crippen molar-refractivity contribution >= 4 is 21.9 Å². The van der Waals surface area contributed by atoms with Crippen molar-refractivity contribution in [1.82, 2.24) is 0 Å². The van der Waals surface area contributed by atoms with Crippen molar-refractivity contribution < 1.29 is 14.3 Å². The molecule has 0 N–H and O–H groups in total. The molecule has 1 aromatic carbocycles. The zero-order valence-electron chi connectivity index (χ0n) is 8.54. The summed E-state index contributed by atoms with van der Waals surface area (Å²) in [6, 6.07) is 3.88. The fourth-order valence-corrected chi connectivity index (χ4v) is 2.40. The van der Waals surface area contributed by atoms with Gasteiger partial charge in [0.2, 0.25) is 0 Å². The Morgan fingerprint density at radius 1 is 1.60 bits per heavy atom. The standard InChI is InChI=1S/C11H11BrO3/c1-6-3-7(12)4-8-9(11(13)14-2)5-15-10(6)8/h3-4,9H,5H2,1-2H3. The zero-order chi connectivity index (χ0) is 11.0. The summed E-state index contributed by atoms with van der Waals surface area (Å²) in [4.78, 5) is 11.5. The van der Waals surface area contributed by atoms with E-state index in [1.807, 2.05) is 19.1 Å². The van der Waals surface area contributed by atoms with Crippen LogP contribution in [0.3, 0.4) is 0 Å². The maximum atomic E-state index is 11.5. The Bertz CT molecular complexity index is 415. The first-order valence-corrected chi connectivity index (χ1v) is 5.43. The van der Waals surface area contributed by atoms with Gasteiger partial charge in [0.05, 0.1) is 7.11 Å². The molecule has 80 valence electrons. The van der Waals surface area contributed by atoms with Crippen molar-refractivity contribution in [2.75, 3.05) is 13.7 Å². The van der Waals surface area contributed by atoms with E-state index in [0.717, 1.165) is 21.3 Å². The first-order chi connectivity index (χ1) is 7.13. The van der Waals surface area contributed by atoms with E-state index in [4.69, 9.17) is 9.47 Å². The van der Waals surface area contributed by atoms with Crippen LogP contribution in [0.1, 0.15) is 17.0 Å². The van der Waals surface area contributed by atoms with E-state index in [1.54, 1.807) is 0 Å². The first kappa shape index (κ1) is 10.5. The van der Waals surface area contributed by atoms with Gasteiger partial charge in [0.25, 0.3) is 0 Å². The number of aryl methyl sites for hydroxylation is 1. The number of hydrogen-bond acceptors (Lipinski definition) is 3. The molecule has 4 heteroatoms. The SMILES string of the molecule is COC(=O)C1COc2c(C)cc(Br)cc21. The molecule has 1 heterocycles. The zero-order valence-corrected chi connectivity index (χ0v) is 10.1. The smallest absolute Gasteiger partial charge is 0.316 e. The van der Waals surface area contributed by atoms with E-state index in [1.165, 1.54) is 7.11 Å². The number of fused-ring (bicyclic) bond motifs is 1. The quantitative estimate of drug-likeness (QED) is 0.736. The van der Waals surface area contributed by atoms with Gasteiger partial charge in [-0.1, -0.05) is 15.9 Å². The molecule has 0 radical (unpaired) electrons. The molecule has 0 amide bonds. The lowest BCUT2D eigenvalue weighted by molar-refractivity contribution is -0.142. The van der Waals surface area contributed by atoms with Gasteiger partial charge in [-0.2, -0.15) is 0 Å². The van der Waals surface area contributed by atoms with E-state index in [9.17, 15) is 4.79 Å². The van der Waals surface area contributed by atoms with Gasteiger partial charge >= 0.3 is 5.97 Å². The van der Waals surface area contributed by atoms with Gasteiger partial charge in [-0.15, -0.1) is 0 Å². The molecule has 0 saturated heterocycles. The van der Waals surface area contributed by atoms with Crippen LogP contribution in [0.2, 0.25) is 0 Å². The minimum absolute atomic E-state index is 0.244. The normalized spacial score (nSPS) is 18.2. The van der Waals surface area contributed by atoms with E-state index in [2.05, 4.69) is 15.9 Å². The van der Waals surface area contributed by atoms with Crippen molar-refractivity contribution in [2.45, 2.75) is 12.8 Å². The number of rotatable bonds is 1. The summed E-state index contributed by atoms with van der Waals surface area (Å²) in [5.74, 6) is 0.279. The monoisotopic (exact) mass is 270 g/mol. The third kappa shape index (κ3) is 1.74. The molecule has 2 rings (SSSR count). The average molecular weight is 271 g/mol. The van der Waals surface area contributed by atoms with Gasteiger partial charge in [-0.25, -0.2) is 0 Å². The number of carbonyl (C=O) groups excluding carboxylic acids is 1. The molecule has 1 atom stereocenters. The molecule has 1 aromatic rings. The summed E-state index contributed by atoms with van der Waals surface area (Å²) >= 11 is 3.41. The van der Waals surface area contributed by atoms with Crippen LogP contribution in [0, 0.1) is 6.92 Å². The van der Waals surface area contributed by atoms with Crippen LogP contribution in [-0.4, -0.2) is 19.7 Å². The van der Waals surface area contributed by atoms with E-state index in [-0.39, 0.29) is 11.9 Å². The maximum absolute atomic E-state index is 11.5. The second-order valence-corrected chi connectivity index (χ2v) is 4.44. The van der Waals surface area contributed by atoms with Crippen LogP contribution >= 0.6 is 15.9 Å². The molecule has 0 saturated carbocycles. The topological polar surface area (TPSA) is 35.5 Å². The molecule has 1 aliphatic rings. The Morgan fingerprint density at radius 2 is 2.33 bits per heavy atom. The molecule has 1 aliphatic heterocycles. The number of esters is 1. The number of benzene rings is 1. The van der Waals surface area contributed by atoms with E-state index in [0.29, 0.717) is 6.61 Å². The summed E-state index contributed by atoms with van der Waals surface area (Å²) < 4.78 is 11.2. The maximum Gasteiger partial charge on any atom is 0.316 e. The molecule has 0 fully saturated rings. The summed E-state index contributed by atoms with van der Waals surface area (Å²) in [7, 11) is 1.39. The fraction of sp³-hybridized carbons (Fsp3) is 0.364. The Balaban J connectivity index is 2.46. The Hall–Kier alpha value is -1.03. The second kappa shape index (κ2) is 3.85. The van der Waals surface area contributed by atoms with Gasteiger partial charge < -0.3 is 9.47 Å². The lowest BCUT2D eigenvalue weighted by Gasteiger charge is -2.07. The van der Waals surface area contributed by atoms with Gasteiger partial charge in [0, 0.05) is 10.0 Å². The Morgan fingerprint density at radius 3 is 3.00 bits per heavy atom. The highest BCUT2D eigenvalue weighted by molar-refractivity contribution is 9.10. The van der Waals surface area contributed by atoms with Gasteiger partial charge in [0.1, 0.15) is 18.3 Å². The van der Waals surface area contributed by atoms with Gasteiger partial charge in [-0.3, -0.25) is 4.79 Å². The third-order valence-corrected chi connectivity index (χ3v) is 2.98. The summed E-state index contributed by atoms with van der Waals surface area (Å²) in [5, 5.41) is 0. The number of carbonyl (C=O) groups is 1. The number of methoxy groups -OCH3 is 1. The number of hydrogen-bond donors (Lipinski definition) is 0. The van der Waals surface area contributed by atoms with Crippen LogP contribution in [0.4, 0.5) is 0 Å². The molecular weight excluding hydrogens is 260 g/mol. The Kier molecular flexibility index (Phi) is 2.69. The molecule has 0 aromatic heterocycles. The highest BCUT2D eigenvalue weighted by Crippen LogP contribution is 2.39. The summed E-state index contributed by atoms with van der Waals surface area (Å²) in [5.41, 5.74) is 1.94. The van der Waals surface area contributed by atoms with Crippen LogP contribution in [0.15, 0.2) is 16.6 Å². The van der Waals surface area contributed by atoms with Crippen LogP contribution in [0.5, 0.6) is 5.75 Å². The Labute approximate surface area is 96.5 Å². The lowest BCUT2D eigenvalue weighted by atomic mass is 10.00. The molecule has 1 unspecified atom stereocenters. The predicted octanol–water partition coefficient (Wildman–Crippen LogP) is 2.41. The third-order valence-electron chi connectivity index (χ3n) is 2.52. The number of halogens is 1. The van der Waals surface area contributed by atoms with Gasteiger partial charge in [-0.05, 0) is 24.6 Å². The molecular formula is C11H11BrO3. The highest BCUT2D eigenvalue weighted by Gasteiger charge is 2.32. The lowest BCUT2D eigenvalue weighted by Crippen LogP contribution is -2.15.